The third-order valence-corrected chi connectivity index (χ3v) is 4.24. The number of aryl methyl sites for hydroxylation is 1. The van der Waals surface area contributed by atoms with Crippen molar-refractivity contribution >= 4 is 63.9 Å². The monoisotopic (exact) mass is 413 g/mol. The molecule has 0 saturated heterocycles. The van der Waals surface area contributed by atoms with Gasteiger partial charge in [0.2, 0.25) is 5.91 Å². The predicted octanol–water partition coefficient (Wildman–Crippen LogP) is 3.65. The molecule has 3 N–H and O–H groups in total. The van der Waals surface area contributed by atoms with E-state index in [9.17, 15) is 14.4 Å². The van der Waals surface area contributed by atoms with Crippen molar-refractivity contribution in [3.05, 3.63) is 57.0 Å². The molecule has 0 atom stereocenters. The Morgan fingerprint density at radius 2 is 1.62 bits per heavy atom. The third kappa shape index (κ3) is 5.62. The summed E-state index contributed by atoms with van der Waals surface area (Å²) in [6, 6.07) is 9.42. The molecule has 0 radical (unpaired) electrons. The van der Waals surface area contributed by atoms with E-state index >= 15 is 0 Å². The van der Waals surface area contributed by atoms with Gasteiger partial charge in [-0.3, -0.25) is 14.4 Å². The highest BCUT2D eigenvalue weighted by Gasteiger charge is 2.15. The Balaban J connectivity index is 1.86. The maximum Gasteiger partial charge on any atom is 0.313 e. The highest BCUT2D eigenvalue weighted by molar-refractivity contribution is 6.43. The standard InChI is InChI=1S/C17H14Cl3N3O3/c1-9-2-3-10(18)6-14(9)23-15(24)8-21-16(25)17(26)22-11-4-5-12(19)13(20)7-11/h2-7H,8H2,1H3,(H,21,25)(H,22,26)(H,23,24). The Kier molecular flexibility index (Phi) is 6.85. The Morgan fingerprint density at radius 1 is 0.885 bits per heavy atom. The van der Waals surface area contributed by atoms with Gasteiger partial charge in [0.15, 0.2) is 0 Å². The molecule has 2 aromatic carbocycles. The molecule has 2 aromatic rings. The summed E-state index contributed by atoms with van der Waals surface area (Å²) < 4.78 is 0. The molecule has 0 aliphatic heterocycles. The van der Waals surface area contributed by atoms with Crippen LogP contribution in [0, 0.1) is 6.92 Å². The molecular weight excluding hydrogens is 401 g/mol. The van der Waals surface area contributed by atoms with E-state index in [0.717, 1.165) is 5.56 Å². The van der Waals surface area contributed by atoms with Gasteiger partial charge in [-0.2, -0.15) is 0 Å². The van der Waals surface area contributed by atoms with Crippen molar-refractivity contribution in [2.24, 2.45) is 0 Å². The van der Waals surface area contributed by atoms with E-state index in [2.05, 4.69) is 16.0 Å². The summed E-state index contributed by atoms with van der Waals surface area (Å²) in [6.45, 7) is 1.43. The number of carbonyl (C=O) groups excluding carboxylic acids is 3. The van der Waals surface area contributed by atoms with Gasteiger partial charge < -0.3 is 16.0 Å². The second kappa shape index (κ2) is 8.89. The Hall–Kier alpha value is -2.28. The first-order chi connectivity index (χ1) is 12.3. The second-order valence-electron chi connectivity index (χ2n) is 5.27. The van der Waals surface area contributed by atoms with Crippen LogP contribution < -0.4 is 16.0 Å². The van der Waals surface area contributed by atoms with Gasteiger partial charge in [0.1, 0.15) is 0 Å². The molecule has 0 saturated carbocycles. The van der Waals surface area contributed by atoms with Crippen LogP contribution in [-0.2, 0) is 14.4 Å². The summed E-state index contributed by atoms with van der Waals surface area (Å²) in [6.07, 6.45) is 0. The van der Waals surface area contributed by atoms with Crippen LogP contribution >= 0.6 is 34.8 Å². The summed E-state index contributed by atoms with van der Waals surface area (Å²) in [5.41, 5.74) is 1.64. The molecule has 3 amide bonds. The lowest BCUT2D eigenvalue weighted by atomic mass is 10.2. The van der Waals surface area contributed by atoms with Crippen molar-refractivity contribution in [3.63, 3.8) is 0 Å². The van der Waals surface area contributed by atoms with E-state index in [1.807, 2.05) is 0 Å². The van der Waals surface area contributed by atoms with Gasteiger partial charge in [-0.25, -0.2) is 0 Å². The van der Waals surface area contributed by atoms with Crippen LogP contribution in [0.3, 0.4) is 0 Å². The smallest absolute Gasteiger partial charge is 0.313 e. The van der Waals surface area contributed by atoms with Crippen LogP contribution in [0.2, 0.25) is 15.1 Å². The normalized spacial score (nSPS) is 10.2. The third-order valence-electron chi connectivity index (χ3n) is 3.27. The molecule has 0 aliphatic rings. The largest absolute Gasteiger partial charge is 0.339 e. The highest BCUT2D eigenvalue weighted by Crippen LogP contribution is 2.25. The average molecular weight is 415 g/mol. The maximum absolute atomic E-state index is 11.9. The minimum absolute atomic E-state index is 0.237. The summed E-state index contributed by atoms with van der Waals surface area (Å²) in [5, 5.41) is 8.22. The van der Waals surface area contributed by atoms with E-state index in [-0.39, 0.29) is 11.6 Å². The van der Waals surface area contributed by atoms with Crippen molar-refractivity contribution in [1.29, 1.82) is 0 Å². The molecule has 0 heterocycles. The van der Waals surface area contributed by atoms with Gasteiger partial charge in [0.05, 0.1) is 16.6 Å². The lowest BCUT2D eigenvalue weighted by molar-refractivity contribution is -0.136. The lowest BCUT2D eigenvalue weighted by Crippen LogP contribution is -2.39. The van der Waals surface area contributed by atoms with Gasteiger partial charge in [-0.05, 0) is 42.8 Å². The lowest BCUT2D eigenvalue weighted by Gasteiger charge is -2.10. The number of anilines is 2. The Bertz CT molecular complexity index is 872. The quantitative estimate of drug-likeness (QED) is 0.667. The van der Waals surface area contributed by atoms with Gasteiger partial charge in [-0.15, -0.1) is 0 Å². The second-order valence-corrected chi connectivity index (χ2v) is 6.52. The molecular formula is C17H14Cl3N3O3. The number of carbonyl (C=O) groups is 3. The predicted molar refractivity (Wildman–Crippen MR) is 103 cm³/mol. The average Bonchev–Trinajstić information content (AvgIpc) is 2.59. The molecule has 0 aliphatic carbocycles. The fraction of sp³-hybridized carbons (Fsp3) is 0.118. The van der Waals surface area contributed by atoms with E-state index in [0.29, 0.717) is 21.4 Å². The van der Waals surface area contributed by atoms with Crippen molar-refractivity contribution in [2.45, 2.75) is 6.92 Å². The summed E-state index contributed by atoms with van der Waals surface area (Å²) >= 11 is 17.5. The molecule has 9 heteroatoms. The van der Waals surface area contributed by atoms with Gasteiger partial charge in [0.25, 0.3) is 0 Å². The zero-order valence-corrected chi connectivity index (χ0v) is 15.8. The highest BCUT2D eigenvalue weighted by atomic mass is 35.5. The van der Waals surface area contributed by atoms with Crippen molar-refractivity contribution in [1.82, 2.24) is 5.32 Å². The molecule has 2 rings (SSSR count). The number of hydrogen-bond donors (Lipinski definition) is 3. The van der Waals surface area contributed by atoms with E-state index in [1.165, 1.54) is 18.2 Å². The van der Waals surface area contributed by atoms with E-state index in [4.69, 9.17) is 34.8 Å². The summed E-state index contributed by atoms with van der Waals surface area (Å²) in [4.78, 5) is 35.5. The van der Waals surface area contributed by atoms with Crippen LogP contribution in [-0.4, -0.2) is 24.3 Å². The summed E-state index contributed by atoms with van der Waals surface area (Å²) in [5.74, 6) is -2.39. The van der Waals surface area contributed by atoms with Crippen LogP contribution in [0.1, 0.15) is 5.56 Å². The zero-order chi connectivity index (χ0) is 19.3. The minimum atomic E-state index is -0.964. The first-order valence-corrected chi connectivity index (χ1v) is 8.50. The Labute approximate surface area is 164 Å². The van der Waals surface area contributed by atoms with Gasteiger partial charge in [-0.1, -0.05) is 40.9 Å². The van der Waals surface area contributed by atoms with Crippen molar-refractivity contribution in [2.75, 3.05) is 17.2 Å². The zero-order valence-electron chi connectivity index (χ0n) is 13.5. The molecule has 0 unspecified atom stereocenters. The Morgan fingerprint density at radius 3 is 2.31 bits per heavy atom. The number of benzene rings is 2. The molecule has 0 aromatic heterocycles. The van der Waals surface area contributed by atoms with Crippen LogP contribution in [0.15, 0.2) is 36.4 Å². The molecule has 0 bridgehead atoms. The van der Waals surface area contributed by atoms with Gasteiger partial charge in [0, 0.05) is 16.4 Å². The molecule has 0 spiro atoms. The number of halogens is 3. The fourth-order valence-electron chi connectivity index (χ4n) is 1.93. The van der Waals surface area contributed by atoms with Gasteiger partial charge >= 0.3 is 11.8 Å². The van der Waals surface area contributed by atoms with Crippen molar-refractivity contribution < 1.29 is 14.4 Å². The number of rotatable bonds is 4. The van der Waals surface area contributed by atoms with Crippen LogP contribution in [0.4, 0.5) is 11.4 Å². The number of amides is 3. The van der Waals surface area contributed by atoms with Crippen LogP contribution in [0.25, 0.3) is 0 Å². The molecule has 0 fully saturated rings. The maximum atomic E-state index is 11.9. The first-order valence-electron chi connectivity index (χ1n) is 7.36. The molecule has 136 valence electrons. The van der Waals surface area contributed by atoms with E-state index < -0.39 is 17.7 Å². The SMILES string of the molecule is Cc1ccc(Cl)cc1NC(=O)CNC(=O)C(=O)Nc1ccc(Cl)c(Cl)c1. The molecule has 6 nitrogen and oxygen atoms in total. The number of nitrogens with one attached hydrogen (secondary N) is 3. The van der Waals surface area contributed by atoms with Crippen molar-refractivity contribution in [3.8, 4) is 0 Å². The topological polar surface area (TPSA) is 87.3 Å². The number of hydrogen-bond acceptors (Lipinski definition) is 3. The molecule has 26 heavy (non-hydrogen) atoms. The minimum Gasteiger partial charge on any atom is -0.339 e. The van der Waals surface area contributed by atoms with E-state index in [1.54, 1.807) is 25.1 Å². The van der Waals surface area contributed by atoms with Crippen LogP contribution in [0.5, 0.6) is 0 Å². The first kappa shape index (κ1) is 20.0. The fourth-order valence-corrected chi connectivity index (χ4v) is 2.40. The summed E-state index contributed by atoms with van der Waals surface area (Å²) in [7, 11) is 0.